The van der Waals surface area contributed by atoms with Crippen molar-refractivity contribution in [3.63, 3.8) is 0 Å². The summed E-state index contributed by atoms with van der Waals surface area (Å²) in [4.78, 5) is 31.3. The minimum Gasteiger partial charge on any atom is -0.469 e. The highest BCUT2D eigenvalue weighted by Crippen LogP contribution is 2.31. The molecule has 1 N–H and O–H groups in total. The zero-order chi connectivity index (χ0) is 28.4. The predicted octanol–water partition coefficient (Wildman–Crippen LogP) is 5.83. The molecule has 3 aromatic rings. The number of hydrogen-bond donors (Lipinski definition) is 1. The molecule has 40 heavy (non-hydrogen) atoms. The molecule has 1 saturated heterocycles. The predicted molar refractivity (Wildman–Crippen MR) is 145 cm³/mol. The molecule has 2 atom stereocenters. The third-order valence-electron chi connectivity index (χ3n) is 8.17. The number of ether oxygens (including phenoxy) is 2. The molecule has 2 heterocycles. The van der Waals surface area contributed by atoms with Crippen LogP contribution in [0.3, 0.4) is 0 Å². The number of fused-ring (bicyclic) bond motifs is 1. The number of amides is 1. The average Bonchev–Trinajstić information content (AvgIpc) is 3.54. The van der Waals surface area contributed by atoms with E-state index >= 15 is 4.39 Å². The molecule has 5 rings (SSSR count). The lowest BCUT2D eigenvalue weighted by atomic mass is 9.87. The van der Waals surface area contributed by atoms with Gasteiger partial charge in [0.05, 0.1) is 38.2 Å². The van der Waals surface area contributed by atoms with Crippen LogP contribution >= 0.6 is 0 Å². The van der Waals surface area contributed by atoms with Gasteiger partial charge in [-0.3, -0.25) is 9.59 Å². The van der Waals surface area contributed by atoms with Gasteiger partial charge < -0.3 is 24.1 Å². The van der Waals surface area contributed by atoms with Gasteiger partial charge in [0.1, 0.15) is 11.3 Å². The summed E-state index contributed by atoms with van der Waals surface area (Å²) in [6, 6.07) is 7.45. The van der Waals surface area contributed by atoms with Crippen LogP contribution in [0.25, 0.3) is 11.1 Å². The fourth-order valence-corrected chi connectivity index (χ4v) is 5.85. The fraction of sp³-hybridized carbons (Fsp3) is 0.500. The molecule has 2 fully saturated rings. The number of nitrogens with zero attached hydrogens (tertiary/aromatic N) is 2. The number of hydrogen-bond acceptors (Lipinski definition) is 7. The van der Waals surface area contributed by atoms with Gasteiger partial charge in [-0.15, -0.1) is 0 Å². The Hall–Kier alpha value is -3.53. The summed E-state index contributed by atoms with van der Waals surface area (Å²) in [7, 11) is 1.41. The van der Waals surface area contributed by atoms with E-state index in [4.69, 9.17) is 13.9 Å². The molecular weight excluding hydrogens is 520 g/mol. The molecule has 1 aliphatic carbocycles. The van der Waals surface area contributed by atoms with Gasteiger partial charge in [-0.25, -0.2) is 8.78 Å². The van der Waals surface area contributed by atoms with Crippen LogP contribution in [0.2, 0.25) is 0 Å². The summed E-state index contributed by atoms with van der Waals surface area (Å²) in [5, 5.41) is 2.90. The number of oxazole rings is 1. The smallest absolute Gasteiger partial charge is 0.308 e. The number of anilines is 2. The van der Waals surface area contributed by atoms with Crippen molar-refractivity contribution in [2.45, 2.75) is 77.0 Å². The van der Waals surface area contributed by atoms with Crippen molar-refractivity contribution < 1.29 is 32.3 Å². The molecule has 1 saturated carbocycles. The van der Waals surface area contributed by atoms with E-state index in [1.54, 1.807) is 18.2 Å². The van der Waals surface area contributed by atoms with Crippen molar-refractivity contribution in [3.8, 4) is 0 Å². The van der Waals surface area contributed by atoms with Gasteiger partial charge in [-0.2, -0.15) is 4.98 Å². The first-order valence-corrected chi connectivity index (χ1v) is 13.8. The van der Waals surface area contributed by atoms with Crippen LogP contribution in [0.15, 0.2) is 34.7 Å². The molecule has 2 aliphatic rings. The van der Waals surface area contributed by atoms with Crippen molar-refractivity contribution in [1.29, 1.82) is 0 Å². The molecule has 1 aliphatic heterocycles. The average molecular weight is 556 g/mol. The third kappa shape index (κ3) is 5.96. The topological polar surface area (TPSA) is 93.9 Å². The number of halogens is 2. The second-order valence-corrected chi connectivity index (χ2v) is 10.9. The first-order chi connectivity index (χ1) is 19.2. The van der Waals surface area contributed by atoms with E-state index in [0.29, 0.717) is 17.8 Å². The van der Waals surface area contributed by atoms with E-state index in [9.17, 15) is 14.0 Å². The molecule has 1 amide bonds. The Morgan fingerprint density at radius 2 is 1.88 bits per heavy atom. The number of likely N-dealkylation sites (tertiary alicyclic amines) is 1. The zero-order valence-corrected chi connectivity index (χ0v) is 23.0. The lowest BCUT2D eigenvalue weighted by Crippen LogP contribution is -2.43. The summed E-state index contributed by atoms with van der Waals surface area (Å²) in [6.45, 7) is 4.23. The van der Waals surface area contributed by atoms with E-state index in [0.717, 1.165) is 44.1 Å². The Bertz CT molecular complexity index is 1390. The molecule has 214 valence electrons. The number of carbonyl (C=O) groups is 2. The first-order valence-electron chi connectivity index (χ1n) is 13.8. The van der Waals surface area contributed by atoms with Crippen LogP contribution in [0.1, 0.15) is 56.6 Å². The van der Waals surface area contributed by atoms with E-state index in [1.165, 1.54) is 19.2 Å². The Morgan fingerprint density at radius 1 is 1.10 bits per heavy atom. The highest BCUT2D eigenvalue weighted by atomic mass is 19.1. The minimum atomic E-state index is -0.635. The van der Waals surface area contributed by atoms with E-state index in [1.807, 2.05) is 18.7 Å². The van der Waals surface area contributed by atoms with Crippen molar-refractivity contribution in [1.82, 2.24) is 9.88 Å². The summed E-state index contributed by atoms with van der Waals surface area (Å²) >= 11 is 0. The van der Waals surface area contributed by atoms with Gasteiger partial charge in [0.2, 0.25) is 5.91 Å². The van der Waals surface area contributed by atoms with Crippen molar-refractivity contribution >= 4 is 34.7 Å². The van der Waals surface area contributed by atoms with E-state index in [2.05, 4.69) is 10.3 Å². The standard InChI is InChI=1S/C30H35F2N3O5/c1-17-4-9-21(31)15-25(17)34-30-33-24-13-8-20(27(32)28(24)40-30)14-26(36)35-18(2)5-10-22(35)16-39-23-11-6-19(7-12-23)29(37)38-3/h4,8-9,13,15,18-19,22-23H,5-7,10-12,14,16H2,1-3H3,(H,33,34)/t18-,19?,22?,23?/m0/s1. The maximum atomic E-state index is 15.5. The van der Waals surface area contributed by atoms with Gasteiger partial charge >= 0.3 is 5.97 Å². The largest absolute Gasteiger partial charge is 0.469 e. The second-order valence-electron chi connectivity index (χ2n) is 10.9. The van der Waals surface area contributed by atoms with Crippen molar-refractivity contribution in [3.05, 3.63) is 53.1 Å². The molecule has 0 bridgehead atoms. The Morgan fingerprint density at radius 3 is 2.62 bits per heavy atom. The summed E-state index contributed by atoms with van der Waals surface area (Å²) in [5.41, 5.74) is 1.71. The van der Waals surface area contributed by atoms with Gasteiger partial charge in [-0.05, 0) is 76.1 Å². The van der Waals surface area contributed by atoms with Crippen LogP contribution in [0.4, 0.5) is 20.5 Å². The Labute approximate surface area is 232 Å². The first kappa shape index (κ1) is 28.0. The van der Waals surface area contributed by atoms with Crippen LogP contribution in [0.5, 0.6) is 0 Å². The zero-order valence-electron chi connectivity index (χ0n) is 23.0. The number of carbonyl (C=O) groups excluding carboxylic acids is 2. The van der Waals surface area contributed by atoms with Crippen LogP contribution in [-0.2, 0) is 25.5 Å². The summed E-state index contributed by atoms with van der Waals surface area (Å²) < 4.78 is 45.8. The minimum absolute atomic E-state index is 0.0264. The van der Waals surface area contributed by atoms with Crippen LogP contribution < -0.4 is 5.32 Å². The number of aryl methyl sites for hydroxylation is 1. The third-order valence-corrected chi connectivity index (χ3v) is 8.17. The number of nitrogens with one attached hydrogen (secondary N) is 1. The molecule has 1 unspecified atom stereocenters. The highest BCUT2D eigenvalue weighted by Gasteiger charge is 2.36. The Kier molecular flexibility index (Phi) is 8.35. The molecule has 10 heteroatoms. The van der Waals surface area contributed by atoms with Crippen LogP contribution in [-0.4, -0.2) is 53.7 Å². The molecular formula is C30H35F2N3O5. The number of esters is 1. The van der Waals surface area contributed by atoms with Crippen molar-refractivity contribution in [2.24, 2.45) is 5.92 Å². The summed E-state index contributed by atoms with van der Waals surface area (Å²) in [6.07, 6.45) is 4.67. The van der Waals surface area contributed by atoms with Crippen molar-refractivity contribution in [2.75, 3.05) is 19.0 Å². The van der Waals surface area contributed by atoms with Gasteiger partial charge in [0, 0.05) is 17.3 Å². The number of methoxy groups -OCH3 is 1. The molecule has 2 aromatic carbocycles. The van der Waals surface area contributed by atoms with Gasteiger partial charge in [0.25, 0.3) is 6.01 Å². The number of rotatable bonds is 8. The van der Waals surface area contributed by atoms with E-state index in [-0.39, 0.29) is 59.6 Å². The molecule has 1 aromatic heterocycles. The fourth-order valence-electron chi connectivity index (χ4n) is 5.85. The highest BCUT2D eigenvalue weighted by molar-refractivity contribution is 5.83. The lowest BCUT2D eigenvalue weighted by molar-refractivity contribution is -0.148. The molecule has 0 spiro atoms. The second kappa shape index (κ2) is 11.9. The Balaban J connectivity index is 1.22. The quantitative estimate of drug-likeness (QED) is 0.350. The van der Waals surface area contributed by atoms with Crippen LogP contribution in [0, 0.1) is 24.5 Å². The SMILES string of the molecule is COC(=O)C1CCC(OCC2CC[C@H](C)N2C(=O)Cc2ccc3nc(Nc4cc(F)ccc4C)oc3c2F)CC1. The number of benzene rings is 2. The van der Waals surface area contributed by atoms with E-state index < -0.39 is 11.6 Å². The normalized spacial score (nSPS) is 23.0. The summed E-state index contributed by atoms with van der Waals surface area (Å²) in [5.74, 6) is -1.45. The molecule has 8 nitrogen and oxygen atoms in total. The maximum absolute atomic E-state index is 15.5. The van der Waals surface area contributed by atoms with Gasteiger partial charge in [-0.1, -0.05) is 12.1 Å². The monoisotopic (exact) mass is 555 g/mol. The maximum Gasteiger partial charge on any atom is 0.308 e. The van der Waals surface area contributed by atoms with Gasteiger partial charge in [0.15, 0.2) is 11.4 Å². The lowest BCUT2D eigenvalue weighted by Gasteiger charge is -2.32. The molecule has 0 radical (unpaired) electrons. The number of aromatic nitrogens is 1.